The monoisotopic (exact) mass is 293 g/mol. The Bertz CT molecular complexity index is 348. The maximum atomic E-state index is 5.73. The van der Waals surface area contributed by atoms with Gasteiger partial charge in [0.2, 0.25) is 0 Å². The minimum Gasteiger partial charge on any atom is -0.332 e. The molecule has 0 aromatic carbocycles. The third kappa shape index (κ3) is 5.82. The number of nitrogens with zero attached hydrogens (tertiary/aromatic N) is 2. The smallest absolute Gasteiger partial charge is 0.109 e. The minimum absolute atomic E-state index is 0.767. The molecule has 3 heteroatoms. The summed E-state index contributed by atoms with van der Waals surface area (Å²) < 4.78 is 2.50. The molecule has 1 aromatic heterocycles. The number of aryl methyl sites for hydroxylation is 2. The maximum Gasteiger partial charge on any atom is 0.109 e. The molecule has 0 spiro atoms. The fourth-order valence-electron chi connectivity index (χ4n) is 2.80. The van der Waals surface area contributed by atoms with Gasteiger partial charge in [0.05, 0.1) is 5.69 Å². The van der Waals surface area contributed by atoms with E-state index in [1.54, 1.807) is 0 Å². The summed E-state index contributed by atoms with van der Waals surface area (Å²) in [6.07, 6.45) is 12.0. The van der Waals surface area contributed by atoms with Gasteiger partial charge in [0.1, 0.15) is 5.82 Å². The maximum absolute atomic E-state index is 5.73. The molecular weight excluding hydrogens is 258 g/mol. The zero-order chi connectivity index (χ0) is 15.5. The first-order chi connectivity index (χ1) is 10.3. The lowest BCUT2D eigenvalue weighted by atomic mass is 10.1. The Kier molecular flexibility index (Phi) is 9.40. The van der Waals surface area contributed by atoms with Gasteiger partial charge in [0.25, 0.3) is 0 Å². The molecule has 0 unspecified atom stereocenters. The number of rotatable bonds is 12. The van der Waals surface area contributed by atoms with E-state index in [1.165, 1.54) is 62.2 Å². The Balaban J connectivity index is 2.99. The van der Waals surface area contributed by atoms with Gasteiger partial charge in [-0.3, -0.25) is 0 Å². The van der Waals surface area contributed by atoms with Crippen LogP contribution in [0.5, 0.6) is 0 Å². The fraction of sp³-hybridized carbons (Fsp3) is 0.833. The van der Waals surface area contributed by atoms with Crippen LogP contribution in [0.25, 0.3) is 0 Å². The van der Waals surface area contributed by atoms with Crippen LogP contribution < -0.4 is 5.73 Å². The molecule has 0 saturated heterocycles. The lowest BCUT2D eigenvalue weighted by Gasteiger charge is -2.12. The van der Waals surface area contributed by atoms with Gasteiger partial charge in [-0.1, -0.05) is 40.0 Å². The van der Waals surface area contributed by atoms with Crippen LogP contribution in [0.4, 0.5) is 0 Å². The van der Waals surface area contributed by atoms with Crippen molar-refractivity contribution < 1.29 is 0 Å². The summed E-state index contributed by atoms with van der Waals surface area (Å²) in [5.41, 5.74) is 8.60. The average molecular weight is 293 g/mol. The largest absolute Gasteiger partial charge is 0.332 e. The van der Waals surface area contributed by atoms with Crippen LogP contribution in [-0.4, -0.2) is 16.1 Å². The zero-order valence-electron chi connectivity index (χ0n) is 14.5. The van der Waals surface area contributed by atoms with E-state index >= 15 is 0 Å². The quantitative estimate of drug-likeness (QED) is 0.626. The summed E-state index contributed by atoms with van der Waals surface area (Å²) in [5.74, 6) is 1.31. The summed E-state index contributed by atoms with van der Waals surface area (Å²) in [4.78, 5) is 5.01. The second kappa shape index (κ2) is 10.8. The first-order valence-electron chi connectivity index (χ1n) is 9.05. The van der Waals surface area contributed by atoms with Crippen molar-refractivity contribution in [1.82, 2.24) is 9.55 Å². The van der Waals surface area contributed by atoms with E-state index in [0.29, 0.717) is 0 Å². The van der Waals surface area contributed by atoms with Gasteiger partial charge in [0.15, 0.2) is 0 Å². The van der Waals surface area contributed by atoms with Gasteiger partial charge >= 0.3 is 0 Å². The Morgan fingerprint density at radius 2 is 1.48 bits per heavy atom. The van der Waals surface area contributed by atoms with Crippen LogP contribution in [0, 0.1) is 0 Å². The summed E-state index contributed by atoms with van der Waals surface area (Å²) in [7, 11) is 0. The normalized spacial score (nSPS) is 11.2. The number of hydrogen-bond acceptors (Lipinski definition) is 2. The van der Waals surface area contributed by atoms with Crippen molar-refractivity contribution in [3.8, 4) is 0 Å². The highest BCUT2D eigenvalue weighted by Crippen LogP contribution is 2.19. The third-order valence-electron chi connectivity index (χ3n) is 4.11. The van der Waals surface area contributed by atoms with E-state index in [4.69, 9.17) is 10.7 Å². The molecule has 3 nitrogen and oxygen atoms in total. The van der Waals surface area contributed by atoms with Crippen molar-refractivity contribution in [2.24, 2.45) is 5.73 Å². The standard InChI is InChI=1S/C18H35N3/c1-4-7-11-16-17(12-8-5-2)21(15-10-14-19)18(20-16)13-9-6-3/h4-15,19H2,1-3H3. The second-order valence-corrected chi connectivity index (χ2v) is 6.03. The molecule has 2 N–H and O–H groups in total. The Morgan fingerprint density at radius 1 is 0.857 bits per heavy atom. The van der Waals surface area contributed by atoms with Gasteiger partial charge < -0.3 is 10.3 Å². The lowest BCUT2D eigenvalue weighted by Crippen LogP contribution is -2.12. The van der Waals surface area contributed by atoms with Gasteiger partial charge in [-0.2, -0.15) is 0 Å². The lowest BCUT2D eigenvalue weighted by molar-refractivity contribution is 0.574. The highest BCUT2D eigenvalue weighted by atomic mass is 15.1. The molecule has 1 heterocycles. The van der Waals surface area contributed by atoms with Gasteiger partial charge in [-0.15, -0.1) is 0 Å². The van der Waals surface area contributed by atoms with Crippen molar-refractivity contribution in [3.05, 3.63) is 17.2 Å². The first-order valence-corrected chi connectivity index (χ1v) is 9.05. The Hall–Kier alpha value is -0.830. The van der Waals surface area contributed by atoms with E-state index < -0.39 is 0 Å². The van der Waals surface area contributed by atoms with E-state index in [1.807, 2.05) is 0 Å². The van der Waals surface area contributed by atoms with E-state index in [9.17, 15) is 0 Å². The van der Waals surface area contributed by atoms with Crippen molar-refractivity contribution in [3.63, 3.8) is 0 Å². The van der Waals surface area contributed by atoms with Crippen molar-refractivity contribution in [2.45, 2.75) is 91.5 Å². The molecule has 0 bridgehead atoms. The molecule has 0 amide bonds. The topological polar surface area (TPSA) is 43.8 Å². The minimum atomic E-state index is 0.767. The molecule has 0 aliphatic carbocycles. The number of hydrogen-bond donors (Lipinski definition) is 1. The summed E-state index contributed by atoms with van der Waals surface area (Å²) in [6.45, 7) is 8.60. The molecule has 0 saturated carbocycles. The van der Waals surface area contributed by atoms with Crippen LogP contribution in [0.3, 0.4) is 0 Å². The molecule has 21 heavy (non-hydrogen) atoms. The highest BCUT2D eigenvalue weighted by molar-refractivity contribution is 5.18. The molecule has 1 aromatic rings. The Labute approximate surface area is 131 Å². The Morgan fingerprint density at radius 3 is 2.10 bits per heavy atom. The number of imidazole rings is 1. The molecule has 122 valence electrons. The summed E-state index contributed by atoms with van der Waals surface area (Å²) in [5, 5.41) is 0. The predicted molar refractivity (Wildman–Crippen MR) is 91.7 cm³/mol. The van der Waals surface area contributed by atoms with E-state index in [0.717, 1.165) is 32.4 Å². The van der Waals surface area contributed by atoms with Crippen LogP contribution in [0.2, 0.25) is 0 Å². The molecule has 1 rings (SSSR count). The number of aromatic nitrogens is 2. The zero-order valence-corrected chi connectivity index (χ0v) is 14.5. The van der Waals surface area contributed by atoms with Crippen LogP contribution in [0.15, 0.2) is 0 Å². The molecule has 0 aliphatic heterocycles. The van der Waals surface area contributed by atoms with E-state index in [2.05, 4.69) is 25.3 Å². The third-order valence-corrected chi connectivity index (χ3v) is 4.11. The predicted octanol–water partition coefficient (Wildman–Crippen LogP) is 4.26. The molecular formula is C18H35N3. The van der Waals surface area contributed by atoms with Gasteiger partial charge in [0, 0.05) is 18.7 Å². The van der Waals surface area contributed by atoms with Crippen molar-refractivity contribution in [1.29, 1.82) is 0 Å². The van der Waals surface area contributed by atoms with Gasteiger partial charge in [-0.05, 0) is 45.1 Å². The van der Waals surface area contributed by atoms with Crippen molar-refractivity contribution >= 4 is 0 Å². The van der Waals surface area contributed by atoms with Crippen molar-refractivity contribution in [2.75, 3.05) is 6.54 Å². The molecule has 0 radical (unpaired) electrons. The fourth-order valence-corrected chi connectivity index (χ4v) is 2.80. The molecule has 0 fully saturated rings. The summed E-state index contributed by atoms with van der Waals surface area (Å²) >= 11 is 0. The molecule has 0 atom stereocenters. The molecule has 0 aliphatic rings. The second-order valence-electron chi connectivity index (χ2n) is 6.03. The summed E-state index contributed by atoms with van der Waals surface area (Å²) in [6, 6.07) is 0. The van der Waals surface area contributed by atoms with Crippen LogP contribution >= 0.6 is 0 Å². The highest BCUT2D eigenvalue weighted by Gasteiger charge is 2.15. The first kappa shape index (κ1) is 18.2. The van der Waals surface area contributed by atoms with Crippen LogP contribution in [0.1, 0.15) is 82.9 Å². The SMILES string of the molecule is CCCCc1nc(CCCC)n(CCCN)c1CCCC. The number of unbranched alkanes of at least 4 members (excludes halogenated alkanes) is 3. The average Bonchev–Trinajstić information content (AvgIpc) is 2.83. The van der Waals surface area contributed by atoms with E-state index in [-0.39, 0.29) is 0 Å². The number of nitrogens with two attached hydrogens (primary N) is 1. The van der Waals surface area contributed by atoms with Crippen LogP contribution in [-0.2, 0) is 25.8 Å². The van der Waals surface area contributed by atoms with Gasteiger partial charge in [-0.25, -0.2) is 4.98 Å².